The molecule has 2 bridgehead atoms. The highest BCUT2D eigenvalue weighted by Crippen LogP contribution is 2.39. The van der Waals surface area contributed by atoms with Gasteiger partial charge in [0.2, 0.25) is 0 Å². The van der Waals surface area contributed by atoms with Gasteiger partial charge in [-0.15, -0.1) is 0 Å². The molecule has 0 aromatic carbocycles. The van der Waals surface area contributed by atoms with E-state index in [1.165, 1.54) is 25.9 Å². The zero-order valence-corrected chi connectivity index (χ0v) is 12.0. The van der Waals surface area contributed by atoms with E-state index < -0.39 is 0 Å². The summed E-state index contributed by atoms with van der Waals surface area (Å²) in [6.07, 6.45) is 6.47. The van der Waals surface area contributed by atoms with Gasteiger partial charge in [-0.3, -0.25) is 4.90 Å². The molecule has 0 radical (unpaired) electrons. The quantitative estimate of drug-likeness (QED) is 0.847. The number of aromatic nitrogens is 2. The van der Waals surface area contributed by atoms with E-state index in [-0.39, 0.29) is 5.54 Å². The van der Waals surface area contributed by atoms with Gasteiger partial charge in [0.25, 0.3) is 0 Å². The molecule has 3 fully saturated rings. The van der Waals surface area contributed by atoms with Crippen molar-refractivity contribution in [2.45, 2.75) is 24.9 Å². The lowest BCUT2D eigenvalue weighted by atomic mass is 9.72. The molecule has 106 valence electrons. The second kappa shape index (κ2) is 4.89. The lowest BCUT2D eigenvalue weighted by molar-refractivity contribution is -0.0606. The number of likely N-dealkylation sites (N-methyl/N-ethyl adjacent to an activating group) is 1. The van der Waals surface area contributed by atoms with Gasteiger partial charge < -0.3 is 15.2 Å². The molecule has 19 heavy (non-hydrogen) atoms. The smallest absolute Gasteiger partial charge is 0.122 e. The van der Waals surface area contributed by atoms with Crippen molar-refractivity contribution >= 4 is 0 Å². The van der Waals surface area contributed by atoms with Crippen LogP contribution >= 0.6 is 0 Å². The molecular weight excluding hydrogens is 238 g/mol. The van der Waals surface area contributed by atoms with Crippen LogP contribution in [0.15, 0.2) is 12.4 Å². The lowest BCUT2D eigenvalue weighted by Gasteiger charge is -2.56. The number of piperidine rings is 3. The summed E-state index contributed by atoms with van der Waals surface area (Å²) >= 11 is 0. The number of hydrogen-bond donors (Lipinski definition) is 1. The van der Waals surface area contributed by atoms with Gasteiger partial charge >= 0.3 is 0 Å². The number of aryl methyl sites for hydroxylation is 1. The molecular formula is C14H25N5. The van der Waals surface area contributed by atoms with Crippen LogP contribution in [0.25, 0.3) is 0 Å². The summed E-state index contributed by atoms with van der Waals surface area (Å²) in [5.74, 6) is 1.86. The zero-order chi connectivity index (χ0) is 13.5. The van der Waals surface area contributed by atoms with E-state index in [4.69, 9.17) is 5.73 Å². The number of hydrogen-bond acceptors (Lipinski definition) is 4. The fourth-order valence-electron chi connectivity index (χ4n) is 3.88. The molecule has 5 nitrogen and oxygen atoms in total. The first-order valence-electron chi connectivity index (χ1n) is 7.25. The number of fused-ring (bicyclic) bond motifs is 3. The molecule has 4 rings (SSSR count). The van der Waals surface area contributed by atoms with Gasteiger partial charge in [0, 0.05) is 38.1 Å². The van der Waals surface area contributed by atoms with Gasteiger partial charge in [-0.05, 0) is 38.9 Å². The summed E-state index contributed by atoms with van der Waals surface area (Å²) in [6.45, 7) is 5.25. The van der Waals surface area contributed by atoms with Crippen molar-refractivity contribution in [2.24, 2.45) is 18.7 Å². The van der Waals surface area contributed by atoms with E-state index in [2.05, 4.69) is 33.4 Å². The van der Waals surface area contributed by atoms with Crippen LogP contribution in [0.3, 0.4) is 0 Å². The molecule has 3 aliphatic heterocycles. The van der Waals surface area contributed by atoms with E-state index in [9.17, 15) is 0 Å². The summed E-state index contributed by atoms with van der Waals surface area (Å²) in [5, 5.41) is 0. The van der Waals surface area contributed by atoms with Crippen LogP contribution in [-0.2, 0) is 13.6 Å². The van der Waals surface area contributed by atoms with Crippen molar-refractivity contribution in [1.29, 1.82) is 0 Å². The summed E-state index contributed by atoms with van der Waals surface area (Å²) in [4.78, 5) is 9.47. The minimum Gasteiger partial charge on any atom is -0.337 e. The monoisotopic (exact) mass is 263 g/mol. The van der Waals surface area contributed by atoms with Crippen LogP contribution in [0, 0.1) is 5.92 Å². The Morgan fingerprint density at radius 1 is 1.47 bits per heavy atom. The van der Waals surface area contributed by atoms with E-state index in [1.54, 1.807) is 0 Å². The zero-order valence-electron chi connectivity index (χ0n) is 12.0. The van der Waals surface area contributed by atoms with Crippen molar-refractivity contribution in [3.63, 3.8) is 0 Å². The summed E-state index contributed by atoms with van der Waals surface area (Å²) in [5.41, 5.74) is 6.34. The van der Waals surface area contributed by atoms with E-state index in [0.717, 1.165) is 31.4 Å². The summed E-state index contributed by atoms with van der Waals surface area (Å²) in [6, 6.07) is 0. The summed E-state index contributed by atoms with van der Waals surface area (Å²) < 4.78 is 2.10. The SMILES string of the molecule is CN(Cc1nccn1C)C1(CN)CN2CCC1CC2. The molecule has 3 aliphatic rings. The predicted molar refractivity (Wildman–Crippen MR) is 75.6 cm³/mol. The Morgan fingerprint density at radius 2 is 2.21 bits per heavy atom. The Kier molecular flexibility index (Phi) is 3.37. The first kappa shape index (κ1) is 13.1. The van der Waals surface area contributed by atoms with Crippen LogP contribution in [-0.4, -0.2) is 58.1 Å². The van der Waals surface area contributed by atoms with Gasteiger partial charge in [-0.2, -0.15) is 0 Å². The lowest BCUT2D eigenvalue weighted by Crippen LogP contribution is -2.69. The second-order valence-corrected chi connectivity index (χ2v) is 6.17. The minimum absolute atomic E-state index is 0.141. The normalized spacial score (nSPS) is 34.1. The van der Waals surface area contributed by atoms with Crippen molar-refractivity contribution < 1.29 is 0 Å². The number of rotatable bonds is 4. The molecule has 0 spiro atoms. The predicted octanol–water partition coefficient (Wildman–Crippen LogP) is 0.275. The van der Waals surface area contributed by atoms with Crippen LogP contribution in [0.1, 0.15) is 18.7 Å². The third-order valence-corrected chi connectivity index (χ3v) is 5.26. The van der Waals surface area contributed by atoms with Crippen LogP contribution in [0.2, 0.25) is 0 Å². The van der Waals surface area contributed by atoms with Gasteiger partial charge in [-0.25, -0.2) is 4.98 Å². The second-order valence-electron chi connectivity index (χ2n) is 6.17. The Morgan fingerprint density at radius 3 is 2.68 bits per heavy atom. The van der Waals surface area contributed by atoms with Crippen LogP contribution in [0.4, 0.5) is 0 Å². The number of nitrogens with two attached hydrogens (primary N) is 1. The van der Waals surface area contributed by atoms with Crippen LogP contribution in [0.5, 0.6) is 0 Å². The topological polar surface area (TPSA) is 50.3 Å². The first-order valence-corrected chi connectivity index (χ1v) is 7.25. The van der Waals surface area contributed by atoms with Crippen molar-refractivity contribution in [3.8, 4) is 0 Å². The van der Waals surface area contributed by atoms with E-state index in [0.29, 0.717) is 0 Å². The molecule has 2 N–H and O–H groups in total. The third-order valence-electron chi connectivity index (χ3n) is 5.26. The van der Waals surface area contributed by atoms with Crippen molar-refractivity contribution in [1.82, 2.24) is 19.4 Å². The molecule has 1 aromatic rings. The van der Waals surface area contributed by atoms with Gasteiger partial charge in [0.1, 0.15) is 5.82 Å². The largest absolute Gasteiger partial charge is 0.337 e. The maximum absolute atomic E-state index is 6.20. The highest BCUT2D eigenvalue weighted by atomic mass is 15.3. The maximum Gasteiger partial charge on any atom is 0.122 e. The highest BCUT2D eigenvalue weighted by Gasteiger charge is 2.48. The molecule has 3 saturated heterocycles. The minimum atomic E-state index is 0.141. The Labute approximate surface area is 115 Å². The molecule has 1 atom stereocenters. The maximum atomic E-state index is 6.20. The van der Waals surface area contributed by atoms with Crippen LogP contribution < -0.4 is 5.73 Å². The molecule has 5 heteroatoms. The van der Waals surface area contributed by atoms with E-state index in [1.807, 2.05) is 12.4 Å². The van der Waals surface area contributed by atoms with E-state index >= 15 is 0 Å². The third kappa shape index (κ3) is 2.10. The molecule has 4 heterocycles. The average molecular weight is 263 g/mol. The summed E-state index contributed by atoms with van der Waals surface area (Å²) in [7, 11) is 4.27. The Balaban J connectivity index is 1.80. The van der Waals surface area contributed by atoms with Gasteiger partial charge in [-0.1, -0.05) is 0 Å². The Bertz CT molecular complexity index is 435. The fraction of sp³-hybridized carbons (Fsp3) is 0.786. The molecule has 0 aliphatic carbocycles. The fourth-order valence-corrected chi connectivity index (χ4v) is 3.88. The van der Waals surface area contributed by atoms with Crippen molar-refractivity contribution in [3.05, 3.63) is 18.2 Å². The molecule has 1 unspecified atom stereocenters. The first-order chi connectivity index (χ1) is 9.15. The molecule has 0 saturated carbocycles. The van der Waals surface area contributed by atoms with Gasteiger partial charge in [0.15, 0.2) is 0 Å². The van der Waals surface area contributed by atoms with Crippen molar-refractivity contribution in [2.75, 3.05) is 33.2 Å². The Hall–Kier alpha value is -0.910. The molecule has 0 amide bonds. The number of nitrogens with zero attached hydrogens (tertiary/aromatic N) is 4. The highest BCUT2D eigenvalue weighted by molar-refractivity contribution is 5.06. The average Bonchev–Trinajstić information content (AvgIpc) is 2.85. The standard InChI is InChI=1S/C14H25N5/c1-17-8-5-16-13(17)9-18(2)14(10-15)11-19-6-3-12(14)4-7-19/h5,8,12H,3-4,6-7,9-11,15H2,1-2H3. The molecule has 1 aromatic heterocycles. The van der Waals surface area contributed by atoms with Gasteiger partial charge in [0.05, 0.1) is 6.54 Å². The number of imidazole rings is 1.